The zero-order valence-corrected chi connectivity index (χ0v) is 13.2. The largest absolute Gasteiger partial charge is 0.480 e. The summed E-state index contributed by atoms with van der Waals surface area (Å²) >= 11 is 3.22. The normalized spacial score (nSPS) is 13.5. The van der Waals surface area contributed by atoms with Gasteiger partial charge < -0.3 is 5.11 Å². The predicted octanol–water partition coefficient (Wildman–Crippen LogP) is 3.11. The standard InChI is InChI=1S/C13H17BrO4S/c1-3-9(4-2)12(13(15)16)19(17,18)11-7-5-10(14)6-8-11/h5-9,12H,3-4H2,1-2H3,(H,15,16). The van der Waals surface area contributed by atoms with E-state index in [0.717, 1.165) is 4.47 Å². The summed E-state index contributed by atoms with van der Waals surface area (Å²) < 4.78 is 25.6. The van der Waals surface area contributed by atoms with Gasteiger partial charge in [0.25, 0.3) is 0 Å². The van der Waals surface area contributed by atoms with Crippen molar-refractivity contribution in [3.63, 3.8) is 0 Å². The highest BCUT2D eigenvalue weighted by Gasteiger charge is 2.38. The molecule has 0 spiro atoms. The zero-order valence-electron chi connectivity index (χ0n) is 10.8. The Balaban J connectivity index is 3.28. The van der Waals surface area contributed by atoms with E-state index in [-0.39, 0.29) is 10.8 Å². The van der Waals surface area contributed by atoms with Gasteiger partial charge in [-0.3, -0.25) is 4.79 Å². The lowest BCUT2D eigenvalue weighted by Gasteiger charge is -2.21. The number of benzene rings is 1. The molecule has 0 amide bonds. The third-order valence-corrected chi connectivity index (χ3v) is 5.91. The smallest absolute Gasteiger partial charge is 0.322 e. The van der Waals surface area contributed by atoms with Crippen LogP contribution in [0.25, 0.3) is 0 Å². The Bertz CT molecular complexity index is 532. The van der Waals surface area contributed by atoms with Gasteiger partial charge >= 0.3 is 5.97 Å². The average Bonchev–Trinajstić information content (AvgIpc) is 2.35. The predicted molar refractivity (Wildman–Crippen MR) is 76.8 cm³/mol. The number of halogens is 1. The van der Waals surface area contributed by atoms with E-state index >= 15 is 0 Å². The summed E-state index contributed by atoms with van der Waals surface area (Å²) in [7, 11) is -3.86. The van der Waals surface area contributed by atoms with Crippen molar-refractivity contribution < 1.29 is 18.3 Å². The van der Waals surface area contributed by atoms with Crippen LogP contribution in [0.4, 0.5) is 0 Å². The summed E-state index contributed by atoms with van der Waals surface area (Å²) in [6.07, 6.45) is 1.03. The fourth-order valence-corrected chi connectivity index (χ4v) is 4.31. The Kier molecular flexibility index (Phi) is 5.55. The molecule has 0 heterocycles. The molecule has 6 heteroatoms. The molecule has 1 atom stereocenters. The molecule has 0 radical (unpaired) electrons. The Morgan fingerprint density at radius 1 is 1.21 bits per heavy atom. The average molecular weight is 349 g/mol. The second-order valence-electron chi connectivity index (χ2n) is 4.33. The van der Waals surface area contributed by atoms with Gasteiger partial charge in [0, 0.05) is 4.47 Å². The Labute approximate surface area is 121 Å². The molecular formula is C13H17BrO4S. The van der Waals surface area contributed by atoms with Crippen LogP contribution in [0.1, 0.15) is 26.7 Å². The van der Waals surface area contributed by atoms with Gasteiger partial charge in [-0.05, 0) is 30.2 Å². The summed E-state index contributed by atoms with van der Waals surface area (Å²) in [5.74, 6) is -1.66. The van der Waals surface area contributed by atoms with Crippen LogP contribution < -0.4 is 0 Å². The van der Waals surface area contributed by atoms with Crippen molar-refractivity contribution in [2.24, 2.45) is 5.92 Å². The van der Waals surface area contributed by atoms with Crippen molar-refractivity contribution in [1.29, 1.82) is 0 Å². The van der Waals surface area contributed by atoms with Gasteiger partial charge in [-0.2, -0.15) is 0 Å². The van der Waals surface area contributed by atoms with Crippen LogP contribution in [0.3, 0.4) is 0 Å². The number of carboxylic acid groups (broad SMARTS) is 1. The van der Waals surface area contributed by atoms with E-state index in [9.17, 15) is 18.3 Å². The summed E-state index contributed by atoms with van der Waals surface area (Å²) in [6.45, 7) is 3.61. The van der Waals surface area contributed by atoms with Gasteiger partial charge in [0.15, 0.2) is 15.1 Å². The molecule has 0 saturated carbocycles. The van der Waals surface area contributed by atoms with E-state index in [1.807, 2.05) is 0 Å². The molecule has 0 aliphatic heterocycles. The van der Waals surface area contributed by atoms with E-state index < -0.39 is 21.1 Å². The fraction of sp³-hybridized carbons (Fsp3) is 0.462. The zero-order chi connectivity index (χ0) is 14.6. The highest BCUT2D eigenvalue weighted by molar-refractivity contribution is 9.10. The van der Waals surface area contributed by atoms with Crippen molar-refractivity contribution >= 4 is 31.7 Å². The summed E-state index contributed by atoms with van der Waals surface area (Å²) in [6, 6.07) is 6.05. The number of carbonyl (C=O) groups is 1. The van der Waals surface area contributed by atoms with Gasteiger partial charge in [0.05, 0.1) is 4.90 Å². The molecule has 0 aromatic heterocycles. The number of aliphatic carboxylic acids is 1. The summed E-state index contributed by atoms with van der Waals surface area (Å²) in [4.78, 5) is 11.4. The number of sulfone groups is 1. The van der Waals surface area contributed by atoms with Crippen LogP contribution in [0.2, 0.25) is 0 Å². The van der Waals surface area contributed by atoms with E-state index in [0.29, 0.717) is 12.8 Å². The van der Waals surface area contributed by atoms with Crippen molar-refractivity contribution in [2.45, 2.75) is 36.8 Å². The third kappa shape index (κ3) is 3.57. The van der Waals surface area contributed by atoms with Crippen LogP contribution >= 0.6 is 15.9 Å². The minimum atomic E-state index is -3.86. The van der Waals surface area contributed by atoms with Crippen LogP contribution in [0.15, 0.2) is 33.6 Å². The lowest BCUT2D eigenvalue weighted by atomic mass is 9.99. The molecular weight excluding hydrogens is 332 g/mol. The van der Waals surface area contributed by atoms with Crippen molar-refractivity contribution in [1.82, 2.24) is 0 Å². The van der Waals surface area contributed by atoms with Crippen molar-refractivity contribution in [2.75, 3.05) is 0 Å². The first kappa shape index (κ1) is 16.2. The third-order valence-electron chi connectivity index (χ3n) is 3.20. The summed E-state index contributed by atoms with van der Waals surface area (Å²) in [5, 5.41) is 7.88. The highest BCUT2D eigenvalue weighted by atomic mass is 79.9. The lowest BCUT2D eigenvalue weighted by molar-refractivity contribution is -0.137. The maximum Gasteiger partial charge on any atom is 0.322 e. The monoisotopic (exact) mass is 348 g/mol. The molecule has 0 saturated heterocycles. The van der Waals surface area contributed by atoms with Crippen molar-refractivity contribution in [3.05, 3.63) is 28.7 Å². The van der Waals surface area contributed by atoms with E-state index in [1.165, 1.54) is 12.1 Å². The maximum atomic E-state index is 12.4. The summed E-state index contributed by atoms with van der Waals surface area (Å²) in [5.41, 5.74) is 0. The second kappa shape index (κ2) is 6.52. The molecule has 0 aliphatic rings. The fourth-order valence-electron chi connectivity index (χ4n) is 2.08. The van der Waals surface area contributed by atoms with Gasteiger partial charge in [-0.25, -0.2) is 8.42 Å². The minimum Gasteiger partial charge on any atom is -0.480 e. The molecule has 0 fully saturated rings. The first-order valence-corrected chi connectivity index (χ1v) is 8.40. The van der Waals surface area contributed by atoms with Crippen LogP contribution in [-0.2, 0) is 14.6 Å². The molecule has 0 bridgehead atoms. The highest BCUT2D eigenvalue weighted by Crippen LogP contribution is 2.27. The molecule has 106 valence electrons. The van der Waals surface area contributed by atoms with Gasteiger partial charge in [0.2, 0.25) is 0 Å². The maximum absolute atomic E-state index is 12.4. The first-order chi connectivity index (χ1) is 8.84. The van der Waals surface area contributed by atoms with Gasteiger partial charge in [0.1, 0.15) is 0 Å². The molecule has 0 aliphatic carbocycles. The van der Waals surface area contributed by atoms with Crippen molar-refractivity contribution in [3.8, 4) is 0 Å². The van der Waals surface area contributed by atoms with Crippen LogP contribution in [0.5, 0.6) is 0 Å². The van der Waals surface area contributed by atoms with Crippen LogP contribution in [0, 0.1) is 5.92 Å². The number of carboxylic acids is 1. The lowest BCUT2D eigenvalue weighted by Crippen LogP contribution is -2.37. The van der Waals surface area contributed by atoms with Crippen LogP contribution in [-0.4, -0.2) is 24.7 Å². The van der Waals surface area contributed by atoms with E-state index in [2.05, 4.69) is 15.9 Å². The molecule has 1 aromatic carbocycles. The quantitative estimate of drug-likeness (QED) is 0.857. The first-order valence-electron chi connectivity index (χ1n) is 6.06. The molecule has 19 heavy (non-hydrogen) atoms. The number of hydrogen-bond acceptors (Lipinski definition) is 3. The van der Waals surface area contributed by atoms with E-state index in [4.69, 9.17) is 0 Å². The van der Waals surface area contributed by atoms with Gasteiger partial charge in [-0.1, -0.05) is 42.6 Å². The minimum absolute atomic E-state index is 0.0509. The molecule has 1 aromatic rings. The number of hydrogen-bond donors (Lipinski definition) is 1. The second-order valence-corrected chi connectivity index (χ2v) is 7.32. The Hall–Kier alpha value is -0.880. The molecule has 1 rings (SSSR count). The Morgan fingerprint density at radius 2 is 1.68 bits per heavy atom. The molecule has 1 N–H and O–H groups in total. The molecule has 4 nitrogen and oxygen atoms in total. The SMILES string of the molecule is CCC(CC)C(C(=O)O)S(=O)(=O)c1ccc(Br)cc1. The van der Waals surface area contributed by atoms with Gasteiger partial charge in [-0.15, -0.1) is 0 Å². The molecule has 1 unspecified atom stereocenters. The topological polar surface area (TPSA) is 71.4 Å². The number of rotatable bonds is 6. The Morgan fingerprint density at radius 3 is 2.05 bits per heavy atom. The van der Waals surface area contributed by atoms with E-state index in [1.54, 1.807) is 26.0 Å².